The maximum atomic E-state index is 10.8. The summed E-state index contributed by atoms with van der Waals surface area (Å²) in [5.41, 5.74) is 7.71. The van der Waals surface area contributed by atoms with E-state index >= 15 is 0 Å². The fourth-order valence-electron chi connectivity index (χ4n) is 4.21. The van der Waals surface area contributed by atoms with E-state index < -0.39 is 5.20 Å². The van der Waals surface area contributed by atoms with Gasteiger partial charge in [-0.3, -0.25) is 23.0 Å². The summed E-state index contributed by atoms with van der Waals surface area (Å²) in [4.78, 5) is 34.6. The van der Waals surface area contributed by atoms with E-state index in [0.29, 0.717) is 11.5 Å². The molecule has 7 rings (SSSR count). The summed E-state index contributed by atoms with van der Waals surface area (Å²) in [6.07, 6.45) is 11.2. The number of aldehydes is 1. The maximum Gasteiger partial charge on any atom is 1.00 e. The van der Waals surface area contributed by atoms with E-state index in [1.165, 1.54) is 12.0 Å². The summed E-state index contributed by atoms with van der Waals surface area (Å²) in [7, 11) is 0. The second-order valence-electron chi connectivity index (χ2n) is 8.92. The van der Waals surface area contributed by atoms with Gasteiger partial charge in [-0.05, 0) is 80.2 Å². The Hall–Kier alpha value is -1.50. The zero-order valence-corrected chi connectivity index (χ0v) is 34.9. The number of pyridine rings is 2. The van der Waals surface area contributed by atoms with Gasteiger partial charge in [0.2, 0.25) is 0 Å². The summed E-state index contributed by atoms with van der Waals surface area (Å²) in [5, 5.41) is 5.21. The number of aromatic nitrogens is 5. The van der Waals surface area contributed by atoms with Crippen LogP contribution in [-0.2, 0) is 14.2 Å². The molecule has 5 heterocycles. The molecule has 0 saturated heterocycles. The van der Waals surface area contributed by atoms with Crippen LogP contribution < -0.4 is 108 Å². The number of halogens is 3. The van der Waals surface area contributed by atoms with Gasteiger partial charge in [-0.1, -0.05) is 68.1 Å². The van der Waals surface area contributed by atoms with E-state index in [1.807, 2.05) is 65.3 Å². The molecular weight excluding hydrogens is 766 g/mol. The number of carbonyl (C=O) groups is 2. The molecule has 0 saturated carbocycles. The molecule has 11 nitrogen and oxygen atoms in total. The molecule has 0 amide bonds. The Morgan fingerprint density at radius 3 is 1.67 bits per heavy atom. The Balaban J connectivity index is 0.000000733. The third kappa shape index (κ3) is 14.2. The van der Waals surface area contributed by atoms with E-state index in [4.69, 9.17) is 14.5 Å². The fourth-order valence-corrected chi connectivity index (χ4v) is 4.21. The van der Waals surface area contributed by atoms with Gasteiger partial charge in [0.1, 0.15) is 22.7 Å². The first kappa shape index (κ1) is 45.5. The van der Waals surface area contributed by atoms with Gasteiger partial charge in [0.05, 0.1) is 18.6 Å². The molecule has 0 aliphatic heterocycles. The minimum atomic E-state index is -3.22. The van der Waals surface area contributed by atoms with Crippen molar-refractivity contribution in [3.63, 3.8) is 0 Å². The molecule has 5 aromatic heterocycles. The van der Waals surface area contributed by atoms with E-state index in [0.717, 1.165) is 40.0 Å². The van der Waals surface area contributed by atoms with E-state index in [9.17, 15) is 9.36 Å². The van der Waals surface area contributed by atoms with Crippen molar-refractivity contribution in [1.82, 2.24) is 23.8 Å². The smallest absolute Gasteiger partial charge is 1.00 e. The Labute approximate surface area is 383 Å². The normalized spacial score (nSPS) is 9.80. The number of nitrogens with zero attached hydrogens (tertiary/aromatic N) is 5. The monoisotopic (exact) mass is 791 g/mol. The third-order valence-electron chi connectivity index (χ3n) is 6.11. The van der Waals surface area contributed by atoms with Gasteiger partial charge in [-0.25, -0.2) is 15.0 Å². The largest absolute Gasteiger partial charge is 1.00 e. The molecule has 0 spiro atoms. The number of oxazole rings is 1. The first-order chi connectivity index (χ1) is 22.2. The van der Waals surface area contributed by atoms with Crippen LogP contribution in [0.2, 0.25) is 0 Å². The minimum Gasteiger partial charge on any atom is -1.00 e. The van der Waals surface area contributed by atoms with Crippen molar-refractivity contribution >= 4 is 63.0 Å². The summed E-state index contributed by atoms with van der Waals surface area (Å²) in [5.74, 6) is 0.713. The van der Waals surface area contributed by atoms with Crippen LogP contribution in [0, 0.1) is 0 Å². The molecule has 0 aliphatic rings. The minimum absolute atomic E-state index is 0. The predicted molar refractivity (Wildman–Crippen MR) is 182 cm³/mol. The van der Waals surface area contributed by atoms with Crippen molar-refractivity contribution in [3.05, 3.63) is 128 Å². The molecule has 0 unspecified atom stereocenters. The first-order valence-corrected chi connectivity index (χ1v) is 17.4. The summed E-state index contributed by atoms with van der Waals surface area (Å²) < 4.78 is 18.6. The first-order valence-electron chi connectivity index (χ1n) is 13.0. The standard InChI is InChI=1S/C16H11N3O.C14H10N2O.CH2O3.CH4.Cl3OP.2K.H/c1-2-4-12(5-3-1)13-6-7-19-14(9-18-16(19)8-13)15-10-17-11-20-15;17-10-13-9-15-14-8-12(6-7-16(13)14)11-4-2-1-3-5-11;2-1-4-3;;1-5(2,3)4;;;/h1-11H;1-10H;1,3H;1H4;;;;/q;;;;;2*+1;-1/p-1. The number of hydrogen-bond donors (Lipinski definition) is 0. The molecule has 0 bridgehead atoms. The number of fused-ring (bicyclic) bond motifs is 2. The zero-order valence-electron chi connectivity index (χ0n) is 26.5. The van der Waals surface area contributed by atoms with Crippen molar-refractivity contribution in [2.75, 3.05) is 0 Å². The van der Waals surface area contributed by atoms with E-state index in [2.05, 4.69) is 90.0 Å². The quantitative estimate of drug-likeness (QED) is 0.0845. The van der Waals surface area contributed by atoms with Crippen LogP contribution in [0.5, 0.6) is 0 Å². The fraction of sp³-hybridized carbons (Fsp3) is 0.0312. The van der Waals surface area contributed by atoms with Gasteiger partial charge in [0.25, 0.3) is 6.47 Å². The molecule has 0 aliphatic carbocycles. The SMILES string of the molecule is C.O=CO[O-].O=Cc1cnc2cc(-c3ccccc3)ccn12.O=P(Cl)(Cl)Cl.[H-].[K+].[K+].c1ccc(-c2ccn3c(-c4cnco4)cnc3c2)cc1. The van der Waals surface area contributed by atoms with Crippen molar-refractivity contribution in [2.45, 2.75) is 7.43 Å². The predicted octanol–water partition coefficient (Wildman–Crippen LogP) is 2.47. The summed E-state index contributed by atoms with van der Waals surface area (Å²) in [6, 6.07) is 28.4. The second kappa shape index (κ2) is 23.1. The molecule has 244 valence electrons. The molecule has 0 fully saturated rings. The zero-order chi connectivity index (χ0) is 32.9. The topological polar surface area (TPSA) is 144 Å². The van der Waals surface area contributed by atoms with Crippen LogP contribution in [0.1, 0.15) is 19.3 Å². The molecule has 49 heavy (non-hydrogen) atoms. The number of hydrogen-bond acceptors (Lipinski definition) is 9. The van der Waals surface area contributed by atoms with Crippen molar-refractivity contribution in [1.29, 1.82) is 0 Å². The summed E-state index contributed by atoms with van der Waals surface area (Å²) in [6.45, 7) is -0.181. The molecule has 0 radical (unpaired) electrons. The number of carbonyl (C=O) groups excluding carboxylic acids is 2. The average molecular weight is 793 g/mol. The molecular formula is C32H27Cl3K2N5O6P. The van der Waals surface area contributed by atoms with Crippen molar-refractivity contribution in [2.24, 2.45) is 0 Å². The summed E-state index contributed by atoms with van der Waals surface area (Å²) >= 11 is 13.8. The molecule has 17 heteroatoms. The van der Waals surface area contributed by atoms with Crippen LogP contribution in [0.15, 0.2) is 127 Å². The van der Waals surface area contributed by atoms with Gasteiger partial charge >= 0.3 is 108 Å². The van der Waals surface area contributed by atoms with Crippen LogP contribution in [-0.4, -0.2) is 36.5 Å². The van der Waals surface area contributed by atoms with Gasteiger partial charge in [0, 0.05) is 12.4 Å². The molecule has 2 aromatic carbocycles. The third-order valence-corrected chi connectivity index (χ3v) is 6.11. The van der Waals surface area contributed by atoms with Crippen LogP contribution in [0.3, 0.4) is 0 Å². The van der Waals surface area contributed by atoms with Gasteiger partial charge in [-0.15, -0.1) is 0 Å². The number of benzene rings is 2. The Morgan fingerprint density at radius 1 is 0.755 bits per heavy atom. The second-order valence-corrected chi connectivity index (χ2v) is 15.6. The molecule has 7 aromatic rings. The number of imidazole rings is 2. The van der Waals surface area contributed by atoms with Crippen molar-refractivity contribution in [3.8, 4) is 33.7 Å². The molecule has 0 N–H and O–H groups in total. The number of rotatable bonds is 5. The van der Waals surface area contributed by atoms with Crippen LogP contribution >= 0.6 is 38.9 Å². The Morgan fingerprint density at radius 2 is 1.22 bits per heavy atom. The van der Waals surface area contributed by atoms with E-state index in [1.54, 1.807) is 23.0 Å². The van der Waals surface area contributed by atoms with Crippen LogP contribution in [0.4, 0.5) is 0 Å². The maximum absolute atomic E-state index is 10.8. The Kier molecular flexibility index (Phi) is 21.5. The Bertz CT molecular complexity index is 2060. The van der Waals surface area contributed by atoms with Gasteiger partial charge in [-0.2, -0.15) is 0 Å². The van der Waals surface area contributed by atoms with Crippen LogP contribution in [0.25, 0.3) is 45.0 Å². The van der Waals surface area contributed by atoms with Crippen molar-refractivity contribution < 1.29 is 133 Å². The van der Waals surface area contributed by atoms with Gasteiger partial charge < -0.3 is 16.0 Å². The van der Waals surface area contributed by atoms with Gasteiger partial charge in [0.15, 0.2) is 18.4 Å². The molecule has 0 atom stereocenters. The average Bonchev–Trinajstić information content (AvgIpc) is 3.84. The van der Waals surface area contributed by atoms with E-state index in [-0.39, 0.29) is 118 Å².